The first-order valence-corrected chi connectivity index (χ1v) is 14.9. The third kappa shape index (κ3) is 3.44. The molecule has 0 radical (unpaired) electrons. The lowest BCUT2D eigenvalue weighted by atomic mass is 9.68. The van der Waals surface area contributed by atoms with Crippen LogP contribution in [0.4, 0.5) is 0 Å². The van der Waals surface area contributed by atoms with E-state index in [1.165, 1.54) is 85.7 Å². The molecule has 0 saturated heterocycles. The third-order valence-electron chi connectivity index (χ3n) is 9.01. The summed E-state index contributed by atoms with van der Waals surface area (Å²) in [6.45, 7) is 0. The molecule has 1 fully saturated rings. The fourth-order valence-corrected chi connectivity index (χ4v) is 8.63. The van der Waals surface area contributed by atoms with Gasteiger partial charge in [-0.1, -0.05) is 122 Å². The number of pyridine rings is 1. The van der Waals surface area contributed by atoms with Gasteiger partial charge < -0.3 is 0 Å². The molecule has 1 spiro atoms. The van der Waals surface area contributed by atoms with Crippen LogP contribution in [0.5, 0.6) is 0 Å². The van der Waals surface area contributed by atoms with E-state index in [0.717, 1.165) is 0 Å². The van der Waals surface area contributed by atoms with Gasteiger partial charge in [-0.15, -0.1) is 0 Å². The summed E-state index contributed by atoms with van der Waals surface area (Å²) in [5, 5.41) is 5.06. The molecule has 2 aliphatic carbocycles. The highest BCUT2D eigenvalue weighted by Gasteiger charge is 2.44. The third-order valence-corrected chi connectivity index (χ3v) is 10.2. The Morgan fingerprint density at radius 3 is 2.15 bits per heavy atom. The minimum absolute atomic E-state index is 0.173. The van der Waals surface area contributed by atoms with Gasteiger partial charge >= 0.3 is 0 Å². The normalized spacial score (nSPS) is 15.5. The molecule has 0 aliphatic heterocycles. The van der Waals surface area contributed by atoms with Crippen molar-refractivity contribution in [3.05, 3.63) is 127 Å². The van der Waals surface area contributed by atoms with E-state index in [2.05, 4.69) is 114 Å². The van der Waals surface area contributed by atoms with Gasteiger partial charge in [-0.05, 0) is 69.0 Å². The number of nitrogens with zero attached hydrogens (tertiary/aromatic N) is 1. The maximum Gasteiger partial charge on any atom is 0.0353 e. The second kappa shape index (κ2) is 9.10. The van der Waals surface area contributed by atoms with Gasteiger partial charge in [0.1, 0.15) is 0 Å². The van der Waals surface area contributed by atoms with Gasteiger partial charge in [0.05, 0.1) is 0 Å². The highest BCUT2D eigenvalue weighted by molar-refractivity contribution is 8.00. The molecule has 0 amide bonds. The molecular formula is C37H29NS. The molecule has 188 valence electrons. The Morgan fingerprint density at radius 2 is 1.28 bits per heavy atom. The zero-order chi connectivity index (χ0) is 25.8. The molecule has 6 aromatic rings. The van der Waals surface area contributed by atoms with E-state index in [0.29, 0.717) is 0 Å². The quantitative estimate of drug-likeness (QED) is 0.216. The zero-order valence-corrected chi connectivity index (χ0v) is 22.7. The molecular weight excluding hydrogens is 490 g/mol. The minimum atomic E-state index is 0.173. The van der Waals surface area contributed by atoms with Gasteiger partial charge in [0, 0.05) is 38.5 Å². The molecule has 2 heteroatoms. The summed E-state index contributed by atoms with van der Waals surface area (Å²) >= 11 is 1.94. The predicted octanol–water partition coefficient (Wildman–Crippen LogP) is 10.4. The van der Waals surface area contributed by atoms with Crippen molar-refractivity contribution >= 4 is 33.3 Å². The monoisotopic (exact) mass is 519 g/mol. The molecule has 0 bridgehead atoms. The van der Waals surface area contributed by atoms with Crippen molar-refractivity contribution in [2.45, 2.75) is 47.3 Å². The van der Waals surface area contributed by atoms with E-state index in [-0.39, 0.29) is 5.41 Å². The second-order valence-electron chi connectivity index (χ2n) is 11.0. The maximum absolute atomic E-state index is 4.59. The molecule has 0 atom stereocenters. The largest absolute Gasteiger partial charge is 0.264 e. The average molecular weight is 520 g/mol. The van der Waals surface area contributed by atoms with Crippen LogP contribution in [0.1, 0.15) is 43.2 Å². The van der Waals surface area contributed by atoms with Crippen molar-refractivity contribution in [2.75, 3.05) is 0 Å². The van der Waals surface area contributed by atoms with E-state index < -0.39 is 0 Å². The first kappa shape index (κ1) is 23.0. The van der Waals surface area contributed by atoms with Crippen molar-refractivity contribution in [3.8, 4) is 22.3 Å². The number of benzene rings is 5. The molecule has 8 rings (SSSR count). The lowest BCUT2D eigenvalue weighted by Crippen LogP contribution is -2.27. The fraction of sp³-hybridized carbons (Fsp3) is 0.162. The van der Waals surface area contributed by atoms with Gasteiger partial charge in [0.15, 0.2) is 0 Å². The summed E-state index contributed by atoms with van der Waals surface area (Å²) in [7, 11) is 0. The topological polar surface area (TPSA) is 12.9 Å². The SMILES string of the molecule is c1ccc(-c2c3ccccc3c(Sc3cccc4c3-c3ccccc3C43CCCCC3)c3ccncc23)cc1. The van der Waals surface area contributed by atoms with Crippen LogP contribution in [0.3, 0.4) is 0 Å². The van der Waals surface area contributed by atoms with Gasteiger partial charge in [0.2, 0.25) is 0 Å². The first-order chi connectivity index (χ1) is 19.4. The standard InChI is InChI=1S/C37H29NS/c1-3-12-25(13-4-1)34-26-14-5-6-15-27(26)36(28-20-23-38-24-30(28)34)39-33-19-11-18-32-35(33)29-16-7-8-17-31(29)37(32)21-9-2-10-22-37/h1,3-8,11-20,23-24H,2,9-10,21-22H2. The van der Waals surface area contributed by atoms with E-state index in [4.69, 9.17) is 0 Å². The summed E-state index contributed by atoms with van der Waals surface area (Å²) in [5.74, 6) is 0. The Kier molecular flexibility index (Phi) is 5.38. The van der Waals surface area contributed by atoms with Crippen LogP contribution in [0.2, 0.25) is 0 Å². The second-order valence-corrected chi connectivity index (χ2v) is 12.1. The van der Waals surface area contributed by atoms with Gasteiger partial charge in [-0.2, -0.15) is 0 Å². The van der Waals surface area contributed by atoms with Crippen LogP contribution in [-0.4, -0.2) is 4.98 Å². The Labute approximate surface area is 233 Å². The summed E-state index contributed by atoms with van der Waals surface area (Å²) < 4.78 is 0. The first-order valence-electron chi connectivity index (χ1n) is 14.1. The van der Waals surface area contributed by atoms with Crippen LogP contribution in [0, 0.1) is 0 Å². The molecule has 39 heavy (non-hydrogen) atoms. The Hall–Kier alpha value is -3.88. The molecule has 1 aromatic heterocycles. The molecule has 1 saturated carbocycles. The van der Waals surface area contributed by atoms with Gasteiger partial charge in [-0.25, -0.2) is 0 Å². The van der Waals surface area contributed by atoms with Crippen LogP contribution in [0.15, 0.2) is 125 Å². The molecule has 1 nitrogen and oxygen atoms in total. The lowest BCUT2D eigenvalue weighted by molar-refractivity contribution is 0.352. The number of fused-ring (bicyclic) bond motifs is 7. The number of hydrogen-bond donors (Lipinski definition) is 0. The van der Waals surface area contributed by atoms with Gasteiger partial charge in [-0.3, -0.25) is 4.98 Å². The van der Waals surface area contributed by atoms with E-state index in [1.807, 2.05) is 18.0 Å². The van der Waals surface area contributed by atoms with Crippen molar-refractivity contribution in [1.82, 2.24) is 4.98 Å². The molecule has 5 aromatic carbocycles. The summed E-state index contributed by atoms with van der Waals surface area (Å²) in [5.41, 5.74) is 8.66. The van der Waals surface area contributed by atoms with Crippen molar-refractivity contribution in [3.63, 3.8) is 0 Å². The summed E-state index contributed by atoms with van der Waals surface area (Å²) in [4.78, 5) is 7.27. The average Bonchev–Trinajstić information content (AvgIpc) is 3.27. The number of aromatic nitrogens is 1. The van der Waals surface area contributed by atoms with Crippen molar-refractivity contribution < 1.29 is 0 Å². The van der Waals surface area contributed by atoms with Crippen LogP contribution in [-0.2, 0) is 5.41 Å². The smallest absolute Gasteiger partial charge is 0.0353 e. The number of hydrogen-bond acceptors (Lipinski definition) is 2. The molecule has 0 unspecified atom stereocenters. The van der Waals surface area contributed by atoms with E-state index in [1.54, 1.807) is 11.1 Å². The predicted molar refractivity (Wildman–Crippen MR) is 165 cm³/mol. The van der Waals surface area contributed by atoms with Gasteiger partial charge in [0.25, 0.3) is 0 Å². The summed E-state index contributed by atoms with van der Waals surface area (Å²) in [6.07, 6.45) is 10.5. The Morgan fingerprint density at radius 1 is 0.564 bits per heavy atom. The zero-order valence-electron chi connectivity index (χ0n) is 21.9. The van der Waals surface area contributed by atoms with Crippen molar-refractivity contribution in [2.24, 2.45) is 0 Å². The fourth-order valence-electron chi connectivity index (χ4n) is 7.37. The Bertz CT molecular complexity index is 1810. The molecule has 0 N–H and O–H groups in total. The van der Waals surface area contributed by atoms with Crippen molar-refractivity contribution in [1.29, 1.82) is 0 Å². The Balaban J connectivity index is 1.39. The van der Waals surface area contributed by atoms with E-state index >= 15 is 0 Å². The minimum Gasteiger partial charge on any atom is -0.264 e. The number of rotatable bonds is 3. The van der Waals surface area contributed by atoms with Crippen LogP contribution < -0.4 is 0 Å². The molecule has 1 heterocycles. The van der Waals surface area contributed by atoms with Crippen LogP contribution >= 0.6 is 11.8 Å². The highest BCUT2D eigenvalue weighted by atomic mass is 32.2. The highest BCUT2D eigenvalue weighted by Crippen LogP contribution is 2.58. The lowest BCUT2D eigenvalue weighted by Gasteiger charge is -2.36. The van der Waals surface area contributed by atoms with E-state index in [9.17, 15) is 0 Å². The summed E-state index contributed by atoms with van der Waals surface area (Å²) in [6, 6.07) is 38.2. The molecule has 2 aliphatic rings. The van der Waals surface area contributed by atoms with Crippen LogP contribution in [0.25, 0.3) is 43.8 Å². The maximum atomic E-state index is 4.59.